The smallest absolute Gasteiger partial charge is 0.296 e. The van der Waals surface area contributed by atoms with Crippen molar-refractivity contribution in [3.63, 3.8) is 0 Å². The normalized spacial score (nSPS) is 24.3. The predicted octanol–water partition coefficient (Wildman–Crippen LogP) is 2.65. The second-order valence-electron chi connectivity index (χ2n) is 9.27. The van der Waals surface area contributed by atoms with E-state index in [4.69, 9.17) is 30.9 Å². The van der Waals surface area contributed by atoms with Gasteiger partial charge in [-0.2, -0.15) is 4.98 Å². The number of fused-ring (bicyclic) bond motifs is 1. The van der Waals surface area contributed by atoms with Gasteiger partial charge in [0.2, 0.25) is 0 Å². The highest BCUT2D eigenvalue weighted by atomic mass is 35.5. The number of pyridine rings is 1. The molecule has 1 aromatic carbocycles. The summed E-state index contributed by atoms with van der Waals surface area (Å²) in [7, 11) is -3.02. The number of nitrogens with one attached hydrogen (secondary N) is 1. The number of imidazole rings is 1. The Kier molecular flexibility index (Phi) is 7.55. The summed E-state index contributed by atoms with van der Waals surface area (Å²) in [5.41, 5.74) is 1.12. The lowest BCUT2D eigenvalue weighted by Crippen LogP contribution is -2.43. The van der Waals surface area contributed by atoms with Crippen molar-refractivity contribution < 1.29 is 37.2 Å². The van der Waals surface area contributed by atoms with Gasteiger partial charge in [0.15, 0.2) is 15.5 Å². The molecule has 13 heteroatoms. The number of sulfone groups is 1. The number of aliphatic hydroxyl groups excluding tert-OH is 2. The Morgan fingerprint density at radius 1 is 1.16 bits per heavy atom. The lowest BCUT2D eigenvalue weighted by molar-refractivity contribution is -0.123. The Labute approximate surface area is 217 Å². The molecule has 10 nitrogen and oxygen atoms in total. The van der Waals surface area contributed by atoms with Crippen molar-refractivity contribution in [3.05, 3.63) is 35.1 Å². The van der Waals surface area contributed by atoms with Crippen LogP contribution in [0.3, 0.4) is 0 Å². The van der Waals surface area contributed by atoms with Gasteiger partial charge in [-0.25, -0.2) is 17.8 Å². The standard InChI is InChI=1S/C24H27ClFN3O7S/c25-17-11-19-23(29-24(27-19)36-15-10-20(31)21(3-6-30)34-12-15)28-22(17)16-2-1-14(9-18(16)26)35-13-4-7-37(32,33)8-5-13/h1-2,9,11,13,15,20-21,30-31H,3-8,10,12H2,(H,27,28,29)/t15-,20+,21-/m1/s1. The maximum atomic E-state index is 15.0. The largest absolute Gasteiger partial charge is 0.490 e. The molecule has 37 heavy (non-hydrogen) atoms. The molecular formula is C24H27ClFN3O7S. The van der Waals surface area contributed by atoms with Crippen LogP contribution in [-0.4, -0.2) is 82.7 Å². The van der Waals surface area contributed by atoms with E-state index in [0.29, 0.717) is 36.9 Å². The topological polar surface area (TPSA) is 144 Å². The number of rotatable bonds is 7. The van der Waals surface area contributed by atoms with Gasteiger partial charge in [-0.3, -0.25) is 0 Å². The summed E-state index contributed by atoms with van der Waals surface area (Å²) in [5.74, 6) is -0.166. The second-order valence-corrected chi connectivity index (χ2v) is 12.0. The van der Waals surface area contributed by atoms with E-state index in [2.05, 4.69) is 15.0 Å². The summed E-state index contributed by atoms with van der Waals surface area (Å²) in [5, 5.41) is 19.5. The molecular weight excluding hydrogens is 529 g/mol. The average molecular weight is 556 g/mol. The molecule has 0 spiro atoms. The quantitative estimate of drug-likeness (QED) is 0.400. The minimum Gasteiger partial charge on any atom is -0.490 e. The number of aromatic nitrogens is 3. The summed E-state index contributed by atoms with van der Waals surface area (Å²) < 4.78 is 55.4. The third-order valence-corrected chi connectivity index (χ3v) is 8.53. The van der Waals surface area contributed by atoms with Crippen molar-refractivity contribution in [2.75, 3.05) is 24.7 Å². The first-order valence-corrected chi connectivity index (χ1v) is 14.2. The molecule has 2 saturated heterocycles. The molecule has 0 amide bonds. The fourth-order valence-electron chi connectivity index (χ4n) is 4.55. The van der Waals surface area contributed by atoms with Gasteiger partial charge in [-0.05, 0) is 37.5 Å². The van der Waals surface area contributed by atoms with Gasteiger partial charge in [0, 0.05) is 24.7 Å². The monoisotopic (exact) mass is 555 g/mol. The molecule has 2 aromatic heterocycles. The number of ether oxygens (including phenoxy) is 3. The Balaban J connectivity index is 1.30. The van der Waals surface area contributed by atoms with E-state index in [-0.39, 0.29) is 58.8 Å². The maximum Gasteiger partial charge on any atom is 0.296 e. The van der Waals surface area contributed by atoms with Gasteiger partial charge in [0.25, 0.3) is 6.01 Å². The van der Waals surface area contributed by atoms with Crippen LogP contribution in [0.5, 0.6) is 11.8 Å². The SMILES string of the molecule is O=S1(=O)CCC(Oc2ccc(-c3nc4nc(O[C@H]5CO[C@H](CCO)[C@@H](O)C5)[nH]c4cc3Cl)c(F)c2)CC1. The number of hydrogen-bond donors (Lipinski definition) is 3. The molecule has 3 N–H and O–H groups in total. The fraction of sp³-hybridized carbons (Fsp3) is 0.500. The summed E-state index contributed by atoms with van der Waals surface area (Å²) in [6.45, 7) is 0.156. The fourth-order valence-corrected chi connectivity index (χ4v) is 6.26. The van der Waals surface area contributed by atoms with E-state index < -0.39 is 34.0 Å². The molecule has 0 saturated carbocycles. The first-order chi connectivity index (χ1) is 17.7. The van der Waals surface area contributed by atoms with Crippen LogP contribution in [0, 0.1) is 5.82 Å². The zero-order valence-electron chi connectivity index (χ0n) is 19.8. The van der Waals surface area contributed by atoms with Crippen LogP contribution >= 0.6 is 11.6 Å². The van der Waals surface area contributed by atoms with Gasteiger partial charge >= 0.3 is 0 Å². The van der Waals surface area contributed by atoms with Crippen LogP contribution in [0.4, 0.5) is 4.39 Å². The number of benzene rings is 1. The summed E-state index contributed by atoms with van der Waals surface area (Å²) in [4.78, 5) is 11.7. The minimum absolute atomic E-state index is 0.0612. The van der Waals surface area contributed by atoms with E-state index in [1.807, 2.05) is 0 Å². The van der Waals surface area contributed by atoms with Gasteiger partial charge in [0.1, 0.15) is 23.8 Å². The summed E-state index contributed by atoms with van der Waals surface area (Å²) >= 11 is 6.42. The van der Waals surface area contributed by atoms with Crippen LogP contribution in [0.25, 0.3) is 22.4 Å². The Morgan fingerprint density at radius 2 is 1.95 bits per heavy atom. The highest BCUT2D eigenvalue weighted by Gasteiger charge is 2.31. The number of aliphatic hydroxyl groups is 2. The second kappa shape index (κ2) is 10.7. The van der Waals surface area contributed by atoms with Crippen molar-refractivity contribution in [1.29, 1.82) is 0 Å². The van der Waals surface area contributed by atoms with Crippen LogP contribution < -0.4 is 9.47 Å². The molecule has 4 heterocycles. The van der Waals surface area contributed by atoms with E-state index in [0.717, 1.165) is 0 Å². The molecule has 0 bridgehead atoms. The number of nitrogens with zero attached hydrogens (tertiary/aromatic N) is 2. The Bertz CT molecular complexity index is 1370. The summed E-state index contributed by atoms with van der Waals surface area (Å²) in [6.07, 6.45) is -0.538. The molecule has 2 aliphatic rings. The lowest BCUT2D eigenvalue weighted by atomic mass is 10.0. The minimum atomic E-state index is -3.02. The molecule has 3 atom stereocenters. The van der Waals surface area contributed by atoms with E-state index in [9.17, 15) is 13.5 Å². The molecule has 3 aromatic rings. The van der Waals surface area contributed by atoms with Crippen LogP contribution in [0.2, 0.25) is 5.02 Å². The predicted molar refractivity (Wildman–Crippen MR) is 133 cm³/mol. The van der Waals surface area contributed by atoms with Gasteiger partial charge < -0.3 is 29.4 Å². The molecule has 5 rings (SSSR count). The average Bonchev–Trinajstić information content (AvgIpc) is 3.23. The third kappa shape index (κ3) is 5.99. The van der Waals surface area contributed by atoms with E-state index in [1.54, 1.807) is 12.1 Å². The molecule has 0 radical (unpaired) electrons. The van der Waals surface area contributed by atoms with Crippen molar-refractivity contribution in [2.45, 2.75) is 50.1 Å². The van der Waals surface area contributed by atoms with Gasteiger partial charge in [-0.15, -0.1) is 0 Å². The lowest BCUT2D eigenvalue weighted by Gasteiger charge is -2.32. The van der Waals surface area contributed by atoms with Crippen LogP contribution in [-0.2, 0) is 14.6 Å². The molecule has 200 valence electrons. The van der Waals surface area contributed by atoms with E-state index in [1.165, 1.54) is 12.1 Å². The zero-order chi connectivity index (χ0) is 26.2. The number of aromatic amines is 1. The van der Waals surface area contributed by atoms with Crippen LogP contribution in [0.1, 0.15) is 25.7 Å². The van der Waals surface area contributed by atoms with Gasteiger partial charge in [0.05, 0.1) is 46.6 Å². The van der Waals surface area contributed by atoms with E-state index >= 15 is 4.39 Å². The Morgan fingerprint density at radius 3 is 2.65 bits per heavy atom. The number of hydrogen-bond acceptors (Lipinski definition) is 9. The molecule has 0 aliphatic carbocycles. The van der Waals surface area contributed by atoms with Gasteiger partial charge in [-0.1, -0.05) is 11.6 Å². The first-order valence-electron chi connectivity index (χ1n) is 12.0. The van der Waals surface area contributed by atoms with Crippen molar-refractivity contribution in [2.24, 2.45) is 0 Å². The highest BCUT2D eigenvalue weighted by Crippen LogP contribution is 2.33. The third-order valence-electron chi connectivity index (χ3n) is 6.53. The van der Waals surface area contributed by atoms with Crippen molar-refractivity contribution in [3.8, 4) is 23.0 Å². The van der Waals surface area contributed by atoms with Crippen molar-refractivity contribution >= 4 is 32.6 Å². The Hall–Kier alpha value is -2.51. The maximum absolute atomic E-state index is 15.0. The summed E-state index contributed by atoms with van der Waals surface area (Å²) in [6, 6.07) is 6.09. The number of halogens is 2. The van der Waals surface area contributed by atoms with Crippen LogP contribution in [0.15, 0.2) is 24.3 Å². The highest BCUT2D eigenvalue weighted by molar-refractivity contribution is 7.91. The molecule has 0 unspecified atom stereocenters. The first kappa shape index (κ1) is 26.1. The number of H-pyrrole nitrogens is 1. The molecule has 2 aliphatic heterocycles. The van der Waals surface area contributed by atoms with Crippen molar-refractivity contribution in [1.82, 2.24) is 15.0 Å². The zero-order valence-corrected chi connectivity index (χ0v) is 21.3. The molecule has 2 fully saturated rings.